The van der Waals surface area contributed by atoms with Gasteiger partial charge in [0, 0.05) is 6.04 Å². The summed E-state index contributed by atoms with van der Waals surface area (Å²) in [5.41, 5.74) is 2.94. The molecule has 3 nitrogen and oxygen atoms in total. The Labute approximate surface area is 55.7 Å². The fraction of sp³-hybridized carbons (Fsp3) is 1.00. The second kappa shape index (κ2) is 3.82. The summed E-state index contributed by atoms with van der Waals surface area (Å²) in [6.45, 7) is 2.22. The van der Waals surface area contributed by atoms with Gasteiger partial charge in [-0.05, 0) is 25.9 Å². The zero-order valence-electron chi connectivity index (χ0n) is 5.81. The molecule has 54 valence electrons. The molecule has 3 heteroatoms. The van der Waals surface area contributed by atoms with Crippen LogP contribution in [0.4, 0.5) is 0 Å². The third-order valence-electron chi connectivity index (χ3n) is 1.62. The van der Waals surface area contributed by atoms with Crippen molar-refractivity contribution in [1.29, 1.82) is 0 Å². The van der Waals surface area contributed by atoms with E-state index in [-0.39, 0.29) is 0 Å². The van der Waals surface area contributed by atoms with Crippen LogP contribution in [0.15, 0.2) is 0 Å². The summed E-state index contributed by atoms with van der Waals surface area (Å²) >= 11 is 0. The van der Waals surface area contributed by atoms with Crippen LogP contribution in [0.2, 0.25) is 0 Å². The lowest BCUT2D eigenvalue weighted by Crippen LogP contribution is -2.39. The first kappa shape index (κ1) is 6.99. The van der Waals surface area contributed by atoms with E-state index in [0.717, 1.165) is 13.1 Å². The standard InChI is InChI=1S/C6H14N2O/c1-9-8-6-2-4-7-5-3-6/h6-8H,2-5H2,1H3. The molecule has 1 rings (SSSR count). The van der Waals surface area contributed by atoms with E-state index in [2.05, 4.69) is 10.8 Å². The molecule has 0 bridgehead atoms. The van der Waals surface area contributed by atoms with Crippen LogP contribution in [0.25, 0.3) is 0 Å². The van der Waals surface area contributed by atoms with Crippen LogP contribution in [0.1, 0.15) is 12.8 Å². The zero-order valence-corrected chi connectivity index (χ0v) is 5.81. The van der Waals surface area contributed by atoms with Crippen LogP contribution in [0, 0.1) is 0 Å². The Hall–Kier alpha value is -0.120. The number of hydrogen-bond donors (Lipinski definition) is 2. The van der Waals surface area contributed by atoms with Crippen LogP contribution in [-0.2, 0) is 4.84 Å². The first-order chi connectivity index (χ1) is 4.43. The molecule has 1 fully saturated rings. The van der Waals surface area contributed by atoms with E-state index in [1.54, 1.807) is 7.11 Å². The van der Waals surface area contributed by atoms with E-state index >= 15 is 0 Å². The van der Waals surface area contributed by atoms with Crippen molar-refractivity contribution in [1.82, 2.24) is 10.8 Å². The maximum atomic E-state index is 4.80. The summed E-state index contributed by atoms with van der Waals surface area (Å²) in [6.07, 6.45) is 2.35. The summed E-state index contributed by atoms with van der Waals surface area (Å²) in [7, 11) is 1.67. The molecule has 0 saturated carbocycles. The summed E-state index contributed by atoms with van der Waals surface area (Å²) in [4.78, 5) is 4.80. The average Bonchev–Trinajstić information content (AvgIpc) is 1.91. The predicted molar refractivity (Wildman–Crippen MR) is 36.0 cm³/mol. The molecule has 0 aromatic rings. The Morgan fingerprint density at radius 2 is 2.11 bits per heavy atom. The minimum atomic E-state index is 0.566. The van der Waals surface area contributed by atoms with Gasteiger partial charge in [-0.3, -0.25) is 0 Å². The van der Waals surface area contributed by atoms with E-state index in [0.29, 0.717) is 6.04 Å². The van der Waals surface area contributed by atoms with Crippen molar-refractivity contribution in [2.75, 3.05) is 20.2 Å². The fourth-order valence-electron chi connectivity index (χ4n) is 1.11. The molecule has 0 amide bonds. The van der Waals surface area contributed by atoms with Gasteiger partial charge in [-0.25, -0.2) is 0 Å². The summed E-state index contributed by atoms with van der Waals surface area (Å²) in [5.74, 6) is 0. The smallest absolute Gasteiger partial charge is 0.0572 e. The highest BCUT2D eigenvalue weighted by molar-refractivity contribution is 4.70. The Bertz CT molecular complexity index is 68.7. The lowest BCUT2D eigenvalue weighted by molar-refractivity contribution is 0.0512. The number of nitrogens with one attached hydrogen (secondary N) is 2. The van der Waals surface area contributed by atoms with Crippen LogP contribution < -0.4 is 10.8 Å². The number of rotatable bonds is 2. The molecule has 0 atom stereocenters. The lowest BCUT2D eigenvalue weighted by Gasteiger charge is -2.21. The minimum absolute atomic E-state index is 0.566. The van der Waals surface area contributed by atoms with Crippen molar-refractivity contribution in [2.45, 2.75) is 18.9 Å². The normalized spacial score (nSPS) is 22.3. The molecule has 0 aromatic heterocycles. The van der Waals surface area contributed by atoms with Gasteiger partial charge in [0.25, 0.3) is 0 Å². The van der Waals surface area contributed by atoms with E-state index in [1.807, 2.05) is 0 Å². The molecule has 1 aliphatic heterocycles. The molecule has 9 heavy (non-hydrogen) atoms. The molecular weight excluding hydrogens is 116 g/mol. The minimum Gasteiger partial charge on any atom is -0.317 e. The monoisotopic (exact) mass is 130 g/mol. The molecule has 0 radical (unpaired) electrons. The summed E-state index contributed by atoms with van der Waals surface area (Å²) < 4.78 is 0. The van der Waals surface area contributed by atoms with Gasteiger partial charge in [-0.2, -0.15) is 5.48 Å². The van der Waals surface area contributed by atoms with Crippen molar-refractivity contribution in [3.63, 3.8) is 0 Å². The molecule has 0 aliphatic carbocycles. The molecule has 1 saturated heterocycles. The van der Waals surface area contributed by atoms with Crippen LogP contribution >= 0.6 is 0 Å². The number of hydroxylamine groups is 1. The molecular formula is C6H14N2O. The van der Waals surface area contributed by atoms with E-state index < -0.39 is 0 Å². The second-order valence-electron chi connectivity index (χ2n) is 2.35. The third-order valence-corrected chi connectivity index (χ3v) is 1.62. The fourth-order valence-corrected chi connectivity index (χ4v) is 1.11. The number of hydrogen-bond acceptors (Lipinski definition) is 3. The van der Waals surface area contributed by atoms with Crippen LogP contribution in [0.5, 0.6) is 0 Å². The second-order valence-corrected chi connectivity index (χ2v) is 2.35. The summed E-state index contributed by atoms with van der Waals surface area (Å²) in [5, 5.41) is 3.28. The Morgan fingerprint density at radius 3 is 2.67 bits per heavy atom. The lowest BCUT2D eigenvalue weighted by atomic mass is 10.1. The first-order valence-corrected chi connectivity index (χ1v) is 3.42. The van der Waals surface area contributed by atoms with Crippen molar-refractivity contribution in [3.8, 4) is 0 Å². The maximum Gasteiger partial charge on any atom is 0.0572 e. The van der Waals surface area contributed by atoms with Gasteiger partial charge >= 0.3 is 0 Å². The molecule has 0 aromatic carbocycles. The Kier molecular flexibility index (Phi) is 2.97. The van der Waals surface area contributed by atoms with Crippen molar-refractivity contribution in [3.05, 3.63) is 0 Å². The highest BCUT2D eigenvalue weighted by Crippen LogP contribution is 2.00. The van der Waals surface area contributed by atoms with E-state index in [1.165, 1.54) is 12.8 Å². The first-order valence-electron chi connectivity index (χ1n) is 3.42. The Morgan fingerprint density at radius 1 is 1.44 bits per heavy atom. The van der Waals surface area contributed by atoms with Gasteiger partial charge in [0.1, 0.15) is 0 Å². The van der Waals surface area contributed by atoms with E-state index in [4.69, 9.17) is 4.84 Å². The SMILES string of the molecule is CONC1CCNCC1. The maximum absolute atomic E-state index is 4.80. The molecule has 2 N–H and O–H groups in total. The quantitative estimate of drug-likeness (QED) is 0.512. The van der Waals surface area contributed by atoms with Crippen molar-refractivity contribution < 1.29 is 4.84 Å². The highest BCUT2D eigenvalue weighted by atomic mass is 16.6. The molecule has 1 aliphatic rings. The summed E-state index contributed by atoms with van der Waals surface area (Å²) in [6, 6.07) is 0.566. The van der Waals surface area contributed by atoms with Gasteiger partial charge < -0.3 is 10.2 Å². The van der Waals surface area contributed by atoms with Gasteiger partial charge in [-0.15, -0.1) is 0 Å². The van der Waals surface area contributed by atoms with Gasteiger partial charge in [0.05, 0.1) is 7.11 Å². The van der Waals surface area contributed by atoms with Gasteiger partial charge in [0.2, 0.25) is 0 Å². The van der Waals surface area contributed by atoms with Gasteiger partial charge in [0.15, 0.2) is 0 Å². The van der Waals surface area contributed by atoms with Crippen LogP contribution in [0.3, 0.4) is 0 Å². The largest absolute Gasteiger partial charge is 0.317 e. The average molecular weight is 130 g/mol. The van der Waals surface area contributed by atoms with Gasteiger partial charge in [-0.1, -0.05) is 0 Å². The van der Waals surface area contributed by atoms with E-state index in [9.17, 15) is 0 Å². The third kappa shape index (κ3) is 2.30. The molecule has 1 heterocycles. The Balaban J connectivity index is 2.08. The van der Waals surface area contributed by atoms with Crippen LogP contribution in [-0.4, -0.2) is 26.2 Å². The zero-order chi connectivity index (χ0) is 6.53. The topological polar surface area (TPSA) is 33.3 Å². The molecule has 0 spiro atoms. The molecule has 0 unspecified atom stereocenters. The predicted octanol–water partition coefficient (Wildman–Crippen LogP) is -0.111. The number of piperidine rings is 1. The van der Waals surface area contributed by atoms with Crippen molar-refractivity contribution >= 4 is 0 Å². The highest BCUT2D eigenvalue weighted by Gasteiger charge is 2.10. The van der Waals surface area contributed by atoms with Crippen molar-refractivity contribution in [2.24, 2.45) is 0 Å².